The highest BCUT2D eigenvalue weighted by atomic mass is 79.9. The van der Waals surface area contributed by atoms with Gasteiger partial charge in [0.25, 0.3) is 0 Å². The summed E-state index contributed by atoms with van der Waals surface area (Å²) in [6.45, 7) is 0. The number of methoxy groups -OCH3 is 1. The van der Waals surface area contributed by atoms with E-state index in [0.717, 1.165) is 18.7 Å². The number of carbonyl (C=O) groups is 1. The first-order valence-electron chi connectivity index (χ1n) is 4.33. The Morgan fingerprint density at radius 2 is 2.36 bits per heavy atom. The van der Waals surface area contributed by atoms with E-state index in [2.05, 4.69) is 30.6 Å². The first kappa shape index (κ1) is 9.58. The number of hydrogen-bond donors (Lipinski definition) is 0. The largest absolute Gasteiger partial charge is 0.464 e. The van der Waals surface area contributed by atoms with E-state index in [9.17, 15) is 4.79 Å². The zero-order valence-electron chi connectivity index (χ0n) is 7.66. The minimum Gasteiger partial charge on any atom is -0.464 e. The molecule has 1 fully saturated rings. The number of esters is 1. The Morgan fingerprint density at radius 1 is 1.64 bits per heavy atom. The fraction of sp³-hybridized carbons (Fsp3) is 0.444. The molecular formula is C9H9BrN2O2. The molecule has 1 aromatic rings. The lowest BCUT2D eigenvalue weighted by Gasteiger charge is -2.02. The van der Waals surface area contributed by atoms with Crippen molar-refractivity contribution in [1.82, 2.24) is 9.97 Å². The number of hydrogen-bond acceptors (Lipinski definition) is 4. The summed E-state index contributed by atoms with van der Waals surface area (Å²) in [4.78, 5) is 19.6. The number of nitrogens with zero attached hydrogens (tertiary/aromatic N) is 2. The molecule has 1 aromatic heterocycles. The first-order chi connectivity index (χ1) is 6.72. The van der Waals surface area contributed by atoms with Crippen molar-refractivity contribution < 1.29 is 9.53 Å². The van der Waals surface area contributed by atoms with E-state index >= 15 is 0 Å². The Labute approximate surface area is 89.8 Å². The van der Waals surface area contributed by atoms with E-state index in [1.54, 1.807) is 6.20 Å². The van der Waals surface area contributed by atoms with Crippen LogP contribution < -0.4 is 0 Å². The first-order valence-corrected chi connectivity index (χ1v) is 5.12. The van der Waals surface area contributed by atoms with Gasteiger partial charge in [-0.1, -0.05) is 0 Å². The number of rotatable bonds is 2. The van der Waals surface area contributed by atoms with Crippen LogP contribution in [0.25, 0.3) is 0 Å². The maximum absolute atomic E-state index is 11.3. The van der Waals surface area contributed by atoms with E-state index in [1.807, 2.05) is 0 Å². The lowest BCUT2D eigenvalue weighted by atomic mass is 10.3. The fourth-order valence-corrected chi connectivity index (χ4v) is 1.51. The van der Waals surface area contributed by atoms with Crippen molar-refractivity contribution in [3.63, 3.8) is 0 Å². The van der Waals surface area contributed by atoms with Crippen LogP contribution in [-0.2, 0) is 4.74 Å². The van der Waals surface area contributed by atoms with Crippen molar-refractivity contribution in [2.45, 2.75) is 18.8 Å². The lowest BCUT2D eigenvalue weighted by molar-refractivity contribution is 0.0592. The van der Waals surface area contributed by atoms with Crippen molar-refractivity contribution in [1.29, 1.82) is 0 Å². The molecule has 0 N–H and O–H groups in total. The molecule has 0 spiro atoms. The summed E-state index contributed by atoms with van der Waals surface area (Å²) < 4.78 is 5.19. The predicted octanol–water partition coefficient (Wildman–Crippen LogP) is 1.90. The van der Waals surface area contributed by atoms with Crippen molar-refractivity contribution in [2.24, 2.45) is 0 Å². The Hall–Kier alpha value is -0.970. The fourth-order valence-electron chi connectivity index (χ4n) is 1.16. The minimum absolute atomic E-state index is 0.310. The molecule has 0 aliphatic heterocycles. The van der Waals surface area contributed by atoms with Crippen LogP contribution in [0.3, 0.4) is 0 Å². The highest BCUT2D eigenvalue weighted by molar-refractivity contribution is 9.10. The molecule has 1 heterocycles. The molecule has 0 bridgehead atoms. The standard InChI is InChI=1S/C9H9BrN2O2/c1-14-9(13)7-6(10)4-11-8(12-7)5-2-3-5/h4-5H,2-3H2,1H3. The third-order valence-corrected chi connectivity index (χ3v) is 2.66. The smallest absolute Gasteiger partial charge is 0.357 e. The second-order valence-corrected chi connectivity index (χ2v) is 4.04. The highest BCUT2D eigenvalue weighted by Gasteiger charge is 2.28. The Bertz CT molecular complexity index is 377. The molecule has 0 saturated heterocycles. The van der Waals surface area contributed by atoms with Gasteiger partial charge in [-0.2, -0.15) is 0 Å². The van der Waals surface area contributed by atoms with Crippen LogP contribution in [0.1, 0.15) is 35.1 Å². The molecule has 14 heavy (non-hydrogen) atoms. The Morgan fingerprint density at radius 3 is 2.93 bits per heavy atom. The van der Waals surface area contributed by atoms with E-state index in [0.29, 0.717) is 16.1 Å². The molecule has 4 nitrogen and oxygen atoms in total. The zero-order chi connectivity index (χ0) is 10.1. The van der Waals surface area contributed by atoms with Crippen molar-refractivity contribution in [3.05, 3.63) is 22.2 Å². The molecule has 0 amide bonds. The number of carbonyl (C=O) groups excluding carboxylic acids is 1. The summed E-state index contributed by atoms with van der Waals surface area (Å²) in [6, 6.07) is 0. The van der Waals surface area contributed by atoms with Crippen LogP contribution in [0.2, 0.25) is 0 Å². The summed E-state index contributed by atoms with van der Waals surface area (Å²) in [5.74, 6) is 0.751. The van der Waals surface area contributed by atoms with Gasteiger partial charge in [0.05, 0.1) is 11.6 Å². The second-order valence-electron chi connectivity index (χ2n) is 3.19. The molecule has 74 valence electrons. The van der Waals surface area contributed by atoms with Crippen LogP contribution in [0.4, 0.5) is 0 Å². The maximum Gasteiger partial charge on any atom is 0.357 e. The third kappa shape index (κ3) is 1.77. The minimum atomic E-state index is -0.429. The van der Waals surface area contributed by atoms with Gasteiger partial charge in [-0.25, -0.2) is 14.8 Å². The SMILES string of the molecule is COC(=O)c1nc(C2CC2)ncc1Br. The number of ether oxygens (including phenoxy) is 1. The molecule has 5 heteroatoms. The topological polar surface area (TPSA) is 52.1 Å². The third-order valence-electron chi connectivity index (χ3n) is 2.08. The van der Waals surface area contributed by atoms with Crippen LogP contribution in [0.15, 0.2) is 10.7 Å². The summed E-state index contributed by atoms with van der Waals surface area (Å²) >= 11 is 3.22. The average Bonchev–Trinajstić information content (AvgIpc) is 3.01. The molecule has 2 rings (SSSR count). The van der Waals surface area contributed by atoms with Crippen LogP contribution in [0.5, 0.6) is 0 Å². The number of halogens is 1. The average molecular weight is 257 g/mol. The van der Waals surface area contributed by atoms with E-state index in [4.69, 9.17) is 0 Å². The zero-order valence-corrected chi connectivity index (χ0v) is 9.24. The van der Waals surface area contributed by atoms with Crippen LogP contribution >= 0.6 is 15.9 Å². The van der Waals surface area contributed by atoms with E-state index in [-0.39, 0.29) is 0 Å². The van der Waals surface area contributed by atoms with Gasteiger partial charge < -0.3 is 4.74 Å². The second kappa shape index (κ2) is 3.65. The highest BCUT2D eigenvalue weighted by Crippen LogP contribution is 2.38. The molecule has 0 atom stereocenters. The van der Waals surface area contributed by atoms with Crippen LogP contribution in [-0.4, -0.2) is 23.0 Å². The van der Waals surface area contributed by atoms with Crippen LogP contribution in [0, 0.1) is 0 Å². The van der Waals surface area contributed by atoms with E-state index < -0.39 is 5.97 Å². The van der Waals surface area contributed by atoms with Gasteiger partial charge in [0, 0.05) is 12.1 Å². The molecule has 1 aliphatic carbocycles. The normalized spacial score (nSPS) is 15.3. The molecule has 0 aromatic carbocycles. The van der Waals surface area contributed by atoms with E-state index in [1.165, 1.54) is 7.11 Å². The number of aromatic nitrogens is 2. The molecule has 1 aliphatic rings. The van der Waals surface area contributed by atoms with Gasteiger partial charge in [0.15, 0.2) is 5.69 Å². The van der Waals surface area contributed by atoms with Crippen molar-refractivity contribution >= 4 is 21.9 Å². The molecular weight excluding hydrogens is 248 g/mol. The predicted molar refractivity (Wildman–Crippen MR) is 53.0 cm³/mol. The van der Waals surface area contributed by atoms with Gasteiger partial charge >= 0.3 is 5.97 Å². The summed E-state index contributed by atoms with van der Waals surface area (Å²) in [6.07, 6.45) is 3.83. The van der Waals surface area contributed by atoms with Crippen molar-refractivity contribution in [2.75, 3.05) is 7.11 Å². The monoisotopic (exact) mass is 256 g/mol. The van der Waals surface area contributed by atoms with Gasteiger partial charge in [0.2, 0.25) is 0 Å². The Balaban J connectivity index is 2.36. The molecule has 0 unspecified atom stereocenters. The van der Waals surface area contributed by atoms with Gasteiger partial charge in [-0.15, -0.1) is 0 Å². The molecule has 0 radical (unpaired) electrons. The quantitative estimate of drug-likeness (QED) is 0.759. The van der Waals surface area contributed by atoms with Gasteiger partial charge in [-0.05, 0) is 28.8 Å². The van der Waals surface area contributed by atoms with Gasteiger partial charge in [-0.3, -0.25) is 0 Å². The summed E-state index contributed by atoms with van der Waals surface area (Å²) in [5.41, 5.74) is 0.310. The maximum atomic E-state index is 11.3. The van der Waals surface area contributed by atoms with Gasteiger partial charge in [0.1, 0.15) is 5.82 Å². The molecule has 1 saturated carbocycles. The summed E-state index contributed by atoms with van der Waals surface area (Å²) in [7, 11) is 1.34. The Kier molecular flexibility index (Phi) is 2.50. The summed E-state index contributed by atoms with van der Waals surface area (Å²) in [5, 5.41) is 0. The van der Waals surface area contributed by atoms with Crippen molar-refractivity contribution in [3.8, 4) is 0 Å². The lowest BCUT2D eigenvalue weighted by Crippen LogP contribution is -2.08.